The number of hydrogen-bond donors (Lipinski definition) is 2. The van der Waals surface area contributed by atoms with E-state index in [-0.39, 0.29) is 17.2 Å². The zero-order chi connectivity index (χ0) is 24.9. The topological polar surface area (TPSA) is 102 Å². The number of aromatic nitrogens is 5. The first-order chi connectivity index (χ1) is 17.0. The van der Waals surface area contributed by atoms with Crippen LogP contribution in [0.5, 0.6) is 11.5 Å². The summed E-state index contributed by atoms with van der Waals surface area (Å²) in [5.74, 6) is 3.53. The van der Waals surface area contributed by atoms with Crippen LogP contribution < -0.4 is 19.6 Å². The monoisotopic (exact) mass is 496 g/mol. The molecule has 3 heterocycles. The van der Waals surface area contributed by atoms with Crippen LogP contribution in [-0.4, -0.2) is 55.8 Å². The minimum absolute atomic E-state index is 0.127. The van der Waals surface area contributed by atoms with Gasteiger partial charge in [0.2, 0.25) is 5.95 Å². The van der Waals surface area contributed by atoms with Crippen molar-refractivity contribution >= 4 is 17.9 Å². The SMILES string of the molecule is CCN1C=CC(c2nnc(NSC(C)C(C)c3ncc(C)cn3)n2-c2c(OC)cccc2OC)N1. The molecule has 0 bridgehead atoms. The standard InChI is InChI=1S/C24H32N8O2S/c1-7-31-12-11-18(29-31)23-27-28-24(32(23)21-19(33-5)9-8-10-20(21)34-6)30-35-17(4)16(3)22-25-13-15(2)14-26-22/h8-14,16-18,29H,7H2,1-6H3,(H,28,30). The largest absolute Gasteiger partial charge is 0.494 e. The van der Waals surface area contributed by atoms with Crippen LogP contribution in [0.4, 0.5) is 5.95 Å². The molecule has 0 saturated carbocycles. The van der Waals surface area contributed by atoms with Crippen molar-refractivity contribution in [3.05, 3.63) is 60.1 Å². The molecule has 3 unspecified atom stereocenters. The molecule has 0 saturated heterocycles. The van der Waals surface area contributed by atoms with E-state index >= 15 is 0 Å². The minimum Gasteiger partial charge on any atom is -0.494 e. The number of rotatable bonds is 10. The predicted octanol–water partition coefficient (Wildman–Crippen LogP) is 4.03. The maximum Gasteiger partial charge on any atom is 0.239 e. The number of hydrazine groups is 1. The third-order valence-electron chi connectivity index (χ3n) is 5.94. The summed E-state index contributed by atoms with van der Waals surface area (Å²) in [6.45, 7) is 9.15. The Morgan fingerprint density at radius 3 is 2.40 bits per heavy atom. The number of benzene rings is 1. The summed E-state index contributed by atoms with van der Waals surface area (Å²) in [7, 11) is 3.28. The maximum atomic E-state index is 5.70. The fourth-order valence-corrected chi connectivity index (χ4v) is 4.48. The van der Waals surface area contributed by atoms with E-state index in [1.165, 1.54) is 0 Å². The van der Waals surface area contributed by atoms with E-state index < -0.39 is 0 Å². The van der Waals surface area contributed by atoms with Crippen LogP contribution in [0.25, 0.3) is 5.69 Å². The highest BCUT2D eigenvalue weighted by Crippen LogP contribution is 2.38. The molecule has 0 amide bonds. The quantitative estimate of drug-likeness (QED) is 0.400. The van der Waals surface area contributed by atoms with Crippen molar-refractivity contribution < 1.29 is 9.47 Å². The fraction of sp³-hybridized carbons (Fsp3) is 0.417. The van der Waals surface area contributed by atoms with Gasteiger partial charge in [-0.25, -0.2) is 15.4 Å². The first kappa shape index (κ1) is 24.8. The van der Waals surface area contributed by atoms with Crippen LogP contribution in [0.2, 0.25) is 0 Å². The Bertz CT molecular complexity index is 1140. The van der Waals surface area contributed by atoms with Crippen molar-refractivity contribution in [2.24, 2.45) is 0 Å². The van der Waals surface area contributed by atoms with E-state index in [1.807, 2.05) is 53.3 Å². The van der Waals surface area contributed by atoms with Crippen LogP contribution in [-0.2, 0) is 0 Å². The molecule has 2 N–H and O–H groups in total. The molecule has 35 heavy (non-hydrogen) atoms. The van der Waals surface area contributed by atoms with Crippen LogP contribution >= 0.6 is 11.9 Å². The Morgan fingerprint density at radius 2 is 1.80 bits per heavy atom. The molecule has 0 radical (unpaired) electrons. The minimum atomic E-state index is -0.157. The van der Waals surface area contributed by atoms with Crippen molar-refractivity contribution in [3.8, 4) is 17.2 Å². The van der Waals surface area contributed by atoms with Crippen LogP contribution in [0.15, 0.2) is 42.9 Å². The lowest BCUT2D eigenvalue weighted by atomic mass is 10.1. The molecule has 2 aromatic heterocycles. The number of para-hydroxylation sites is 1. The van der Waals surface area contributed by atoms with Gasteiger partial charge in [-0.2, -0.15) is 0 Å². The van der Waals surface area contributed by atoms with E-state index in [4.69, 9.17) is 9.47 Å². The summed E-state index contributed by atoms with van der Waals surface area (Å²) in [5.41, 5.74) is 5.20. The summed E-state index contributed by atoms with van der Waals surface area (Å²) in [4.78, 5) is 8.99. The molecule has 3 aromatic rings. The van der Waals surface area contributed by atoms with Gasteiger partial charge in [0.1, 0.15) is 29.1 Å². The zero-order valence-electron chi connectivity index (χ0n) is 20.9. The molecule has 0 aliphatic carbocycles. The summed E-state index contributed by atoms with van der Waals surface area (Å²) < 4.78 is 16.8. The van der Waals surface area contributed by atoms with Crippen molar-refractivity contribution in [2.45, 2.75) is 44.9 Å². The molecule has 11 heteroatoms. The van der Waals surface area contributed by atoms with E-state index in [2.05, 4.69) is 57.2 Å². The molecule has 3 atom stereocenters. The van der Waals surface area contributed by atoms with Crippen molar-refractivity contribution in [3.63, 3.8) is 0 Å². The van der Waals surface area contributed by atoms with Gasteiger partial charge in [-0.05, 0) is 49.6 Å². The van der Waals surface area contributed by atoms with Gasteiger partial charge in [-0.1, -0.05) is 19.9 Å². The second kappa shape index (κ2) is 11.0. The van der Waals surface area contributed by atoms with Crippen molar-refractivity contribution in [2.75, 3.05) is 25.5 Å². The van der Waals surface area contributed by atoms with Gasteiger partial charge in [0.25, 0.3) is 0 Å². The Hall–Kier alpha value is -3.31. The highest BCUT2D eigenvalue weighted by molar-refractivity contribution is 8.01. The number of aryl methyl sites for hydroxylation is 1. The highest BCUT2D eigenvalue weighted by atomic mass is 32.2. The molecular weight excluding hydrogens is 464 g/mol. The second-order valence-electron chi connectivity index (χ2n) is 8.29. The fourth-order valence-electron chi connectivity index (χ4n) is 3.73. The molecular formula is C24H32N8O2S. The lowest BCUT2D eigenvalue weighted by molar-refractivity contribution is 0.284. The third-order valence-corrected chi connectivity index (χ3v) is 7.02. The molecule has 1 aliphatic heterocycles. The Labute approximate surface area is 210 Å². The van der Waals surface area contributed by atoms with Gasteiger partial charge in [0, 0.05) is 36.3 Å². The van der Waals surface area contributed by atoms with Gasteiger partial charge in [0.05, 0.1) is 14.2 Å². The maximum absolute atomic E-state index is 5.70. The van der Waals surface area contributed by atoms with Crippen LogP contribution in [0.1, 0.15) is 49.9 Å². The lowest BCUT2D eigenvalue weighted by Gasteiger charge is -2.22. The first-order valence-corrected chi connectivity index (χ1v) is 12.4. The van der Waals surface area contributed by atoms with Gasteiger partial charge in [-0.3, -0.25) is 9.29 Å². The Kier molecular flexibility index (Phi) is 7.76. The molecule has 186 valence electrons. The molecule has 1 aliphatic rings. The molecule has 4 rings (SSSR count). The highest BCUT2D eigenvalue weighted by Gasteiger charge is 2.28. The van der Waals surface area contributed by atoms with E-state index in [0.717, 1.165) is 23.6 Å². The molecule has 0 fully saturated rings. The predicted molar refractivity (Wildman–Crippen MR) is 138 cm³/mol. The molecule has 1 aromatic carbocycles. The molecule has 10 nitrogen and oxygen atoms in total. The van der Waals surface area contributed by atoms with E-state index in [9.17, 15) is 0 Å². The van der Waals surface area contributed by atoms with E-state index in [0.29, 0.717) is 23.3 Å². The summed E-state index contributed by atoms with van der Waals surface area (Å²) >= 11 is 1.55. The second-order valence-corrected chi connectivity index (χ2v) is 9.48. The Balaban J connectivity index is 1.67. The van der Waals surface area contributed by atoms with Crippen molar-refractivity contribution in [1.82, 2.24) is 35.2 Å². The smallest absolute Gasteiger partial charge is 0.239 e. The summed E-state index contributed by atoms with van der Waals surface area (Å²) in [5, 5.41) is 11.2. The first-order valence-electron chi connectivity index (χ1n) is 11.5. The van der Waals surface area contributed by atoms with Gasteiger partial charge >= 0.3 is 0 Å². The van der Waals surface area contributed by atoms with Crippen LogP contribution in [0.3, 0.4) is 0 Å². The van der Waals surface area contributed by atoms with Crippen LogP contribution in [0, 0.1) is 6.92 Å². The van der Waals surface area contributed by atoms with E-state index in [1.54, 1.807) is 26.2 Å². The average molecular weight is 497 g/mol. The number of nitrogens with zero attached hydrogens (tertiary/aromatic N) is 6. The number of ether oxygens (including phenoxy) is 2. The number of anilines is 1. The normalized spacial score (nSPS) is 16.9. The number of nitrogens with one attached hydrogen (secondary N) is 2. The third kappa shape index (κ3) is 5.20. The molecule has 0 spiro atoms. The zero-order valence-corrected chi connectivity index (χ0v) is 21.7. The average Bonchev–Trinajstić information content (AvgIpc) is 3.53. The van der Waals surface area contributed by atoms with Gasteiger partial charge < -0.3 is 14.5 Å². The van der Waals surface area contributed by atoms with Crippen molar-refractivity contribution in [1.29, 1.82) is 0 Å². The Morgan fingerprint density at radius 1 is 1.11 bits per heavy atom. The van der Waals surface area contributed by atoms with Gasteiger partial charge in [0.15, 0.2) is 5.82 Å². The number of methoxy groups -OCH3 is 2. The van der Waals surface area contributed by atoms with Gasteiger partial charge in [-0.15, -0.1) is 10.2 Å². The number of hydrogen-bond acceptors (Lipinski definition) is 10. The lowest BCUT2D eigenvalue weighted by Crippen LogP contribution is -2.31. The summed E-state index contributed by atoms with van der Waals surface area (Å²) in [6, 6.07) is 5.53. The summed E-state index contributed by atoms with van der Waals surface area (Å²) in [6.07, 6.45) is 7.77.